The minimum Gasteiger partial charge on any atom is -0.359 e. The Morgan fingerprint density at radius 2 is 1.96 bits per heavy atom. The third-order valence-electron chi connectivity index (χ3n) is 4.74. The molecule has 2 fully saturated rings. The molecule has 4 atom stereocenters. The molecule has 0 aliphatic carbocycles. The van der Waals surface area contributed by atoms with Crippen molar-refractivity contribution in [1.82, 2.24) is 4.90 Å². The van der Waals surface area contributed by atoms with E-state index in [4.69, 9.17) is 9.47 Å². The zero-order valence-corrected chi connectivity index (χ0v) is 14.1. The number of carbonyl (C=O) groups is 1. The third-order valence-corrected chi connectivity index (χ3v) is 4.74. The maximum Gasteiger partial charge on any atom is 0.257 e. The van der Waals surface area contributed by atoms with Crippen LogP contribution in [0.25, 0.3) is 0 Å². The van der Waals surface area contributed by atoms with Gasteiger partial charge >= 0.3 is 0 Å². The van der Waals surface area contributed by atoms with Crippen LogP contribution < -0.4 is 0 Å². The highest BCUT2D eigenvalue weighted by atomic mass is 16.6. The fourth-order valence-electron chi connectivity index (χ4n) is 3.39. The van der Waals surface area contributed by atoms with E-state index in [0.29, 0.717) is 6.61 Å². The van der Waals surface area contributed by atoms with E-state index in [1.807, 2.05) is 23.1 Å². The molecule has 2 aliphatic rings. The summed E-state index contributed by atoms with van der Waals surface area (Å²) in [5, 5.41) is 0. The van der Waals surface area contributed by atoms with Crippen molar-refractivity contribution in [3.8, 4) is 0 Å². The first-order valence-corrected chi connectivity index (χ1v) is 8.90. The highest BCUT2D eigenvalue weighted by molar-refractivity contribution is 5.84. The molecule has 126 valence electrons. The Balaban J connectivity index is 1.73. The molecule has 23 heavy (non-hydrogen) atoms. The Kier molecular flexibility index (Phi) is 5.34. The fourth-order valence-corrected chi connectivity index (χ4v) is 3.39. The van der Waals surface area contributed by atoms with Crippen molar-refractivity contribution in [2.45, 2.75) is 70.4 Å². The maximum atomic E-state index is 13.0. The molecule has 2 saturated heterocycles. The molecule has 1 aromatic carbocycles. The van der Waals surface area contributed by atoms with Crippen LogP contribution in [0.15, 0.2) is 30.3 Å². The van der Waals surface area contributed by atoms with Gasteiger partial charge in [0.2, 0.25) is 0 Å². The number of ether oxygens (including phenoxy) is 2. The second kappa shape index (κ2) is 7.45. The molecule has 0 N–H and O–H groups in total. The van der Waals surface area contributed by atoms with E-state index in [9.17, 15) is 4.79 Å². The number of amides is 1. The lowest BCUT2D eigenvalue weighted by molar-refractivity contribution is -0.139. The number of nitrogens with zero attached hydrogens (tertiary/aromatic N) is 1. The lowest BCUT2D eigenvalue weighted by atomic mass is 10.0. The molecule has 0 unspecified atom stereocenters. The second-order valence-electron chi connectivity index (χ2n) is 6.49. The minimum atomic E-state index is -0.256. The number of rotatable bonds is 7. The molecule has 1 amide bonds. The first kappa shape index (κ1) is 16.5. The van der Waals surface area contributed by atoms with Crippen molar-refractivity contribution >= 4 is 5.91 Å². The van der Waals surface area contributed by atoms with E-state index >= 15 is 0 Å². The van der Waals surface area contributed by atoms with Crippen LogP contribution in [-0.4, -0.2) is 35.8 Å². The van der Waals surface area contributed by atoms with Crippen molar-refractivity contribution in [2.24, 2.45) is 0 Å². The van der Waals surface area contributed by atoms with E-state index < -0.39 is 0 Å². The molecule has 2 heterocycles. The number of hydrogen-bond donors (Lipinski definition) is 0. The predicted molar refractivity (Wildman–Crippen MR) is 88.9 cm³/mol. The molecule has 4 heteroatoms. The first-order valence-electron chi connectivity index (χ1n) is 8.90. The van der Waals surface area contributed by atoms with Crippen molar-refractivity contribution in [1.29, 1.82) is 0 Å². The Bertz CT molecular complexity index is 519. The van der Waals surface area contributed by atoms with E-state index in [1.54, 1.807) is 0 Å². The molecule has 3 rings (SSSR count). The number of hydrogen-bond acceptors (Lipinski definition) is 3. The SMILES string of the molecule is CCCC[C@@H]1O[C@H]1C(=O)N1[C@@H](CCC)OC[C@H]1c1ccccc1. The highest BCUT2D eigenvalue weighted by Crippen LogP contribution is 2.37. The zero-order chi connectivity index (χ0) is 16.2. The number of unbranched alkanes of at least 4 members (excludes halogenated alkanes) is 1. The molecular formula is C19H27NO3. The smallest absolute Gasteiger partial charge is 0.257 e. The number of benzene rings is 1. The van der Waals surface area contributed by atoms with Gasteiger partial charge in [0.15, 0.2) is 6.10 Å². The molecule has 4 nitrogen and oxygen atoms in total. The molecule has 0 saturated carbocycles. The van der Waals surface area contributed by atoms with Crippen LogP contribution in [0.3, 0.4) is 0 Å². The van der Waals surface area contributed by atoms with Gasteiger partial charge < -0.3 is 14.4 Å². The van der Waals surface area contributed by atoms with Crippen LogP contribution >= 0.6 is 0 Å². The topological polar surface area (TPSA) is 42.1 Å². The summed E-state index contributed by atoms with van der Waals surface area (Å²) in [6, 6.07) is 10.2. The highest BCUT2D eigenvalue weighted by Gasteiger charge is 2.50. The summed E-state index contributed by atoms with van der Waals surface area (Å²) >= 11 is 0. The van der Waals surface area contributed by atoms with Gasteiger partial charge in [0.1, 0.15) is 6.23 Å². The van der Waals surface area contributed by atoms with Gasteiger partial charge in [0.25, 0.3) is 5.91 Å². The summed E-state index contributed by atoms with van der Waals surface area (Å²) < 4.78 is 11.6. The van der Waals surface area contributed by atoms with E-state index in [1.165, 1.54) is 0 Å². The summed E-state index contributed by atoms with van der Waals surface area (Å²) in [5.74, 6) is 0.107. The molecule has 0 spiro atoms. The van der Waals surface area contributed by atoms with Gasteiger partial charge in [-0.15, -0.1) is 0 Å². The quantitative estimate of drug-likeness (QED) is 0.721. The summed E-state index contributed by atoms with van der Waals surface area (Å²) in [6.45, 7) is 4.86. The monoisotopic (exact) mass is 317 g/mol. The van der Waals surface area contributed by atoms with Crippen LogP contribution in [0, 0.1) is 0 Å². The molecule has 0 radical (unpaired) electrons. The number of carbonyl (C=O) groups excluding carboxylic acids is 1. The van der Waals surface area contributed by atoms with Crippen LogP contribution in [0.2, 0.25) is 0 Å². The van der Waals surface area contributed by atoms with Gasteiger partial charge in [-0.3, -0.25) is 4.79 Å². The Morgan fingerprint density at radius 3 is 2.65 bits per heavy atom. The van der Waals surface area contributed by atoms with Crippen LogP contribution in [0.1, 0.15) is 57.6 Å². The number of epoxide rings is 1. The van der Waals surface area contributed by atoms with Gasteiger partial charge in [-0.05, 0) is 18.4 Å². The standard InChI is InChI=1S/C19H27NO3/c1-3-5-12-16-18(23-16)19(21)20-15(13-22-17(20)9-4-2)14-10-7-6-8-11-14/h6-8,10-11,15-18H,3-5,9,12-13H2,1-2H3/t15-,16-,17+,18+/m0/s1. The molecule has 1 aromatic rings. The van der Waals surface area contributed by atoms with E-state index in [0.717, 1.165) is 37.7 Å². The Hall–Kier alpha value is -1.39. The van der Waals surface area contributed by atoms with Gasteiger partial charge in [-0.25, -0.2) is 0 Å². The van der Waals surface area contributed by atoms with Crippen LogP contribution in [0.5, 0.6) is 0 Å². The molecule has 2 aliphatic heterocycles. The van der Waals surface area contributed by atoms with E-state index in [-0.39, 0.29) is 30.4 Å². The largest absolute Gasteiger partial charge is 0.359 e. The zero-order valence-electron chi connectivity index (χ0n) is 14.1. The third kappa shape index (κ3) is 3.59. The van der Waals surface area contributed by atoms with Gasteiger partial charge in [-0.2, -0.15) is 0 Å². The summed E-state index contributed by atoms with van der Waals surface area (Å²) in [6.07, 6.45) is 4.85. The Labute approximate surface area is 138 Å². The lowest BCUT2D eigenvalue weighted by Crippen LogP contribution is -2.41. The average molecular weight is 317 g/mol. The van der Waals surface area contributed by atoms with Gasteiger partial charge in [0, 0.05) is 0 Å². The molecule has 0 aromatic heterocycles. The van der Waals surface area contributed by atoms with Crippen LogP contribution in [0.4, 0.5) is 0 Å². The normalized spacial score (nSPS) is 29.7. The van der Waals surface area contributed by atoms with Crippen molar-refractivity contribution in [2.75, 3.05) is 6.61 Å². The predicted octanol–water partition coefficient (Wildman–Crippen LogP) is 3.67. The van der Waals surface area contributed by atoms with Crippen molar-refractivity contribution in [3.63, 3.8) is 0 Å². The Morgan fingerprint density at radius 1 is 1.17 bits per heavy atom. The first-order chi connectivity index (χ1) is 11.3. The minimum absolute atomic E-state index is 0.0104. The van der Waals surface area contributed by atoms with E-state index in [2.05, 4.69) is 26.0 Å². The summed E-state index contributed by atoms with van der Waals surface area (Å²) in [7, 11) is 0. The molecular weight excluding hydrogens is 290 g/mol. The van der Waals surface area contributed by atoms with Crippen molar-refractivity contribution in [3.05, 3.63) is 35.9 Å². The van der Waals surface area contributed by atoms with Gasteiger partial charge in [0.05, 0.1) is 18.8 Å². The molecule has 0 bridgehead atoms. The summed E-state index contributed by atoms with van der Waals surface area (Å²) in [4.78, 5) is 14.9. The van der Waals surface area contributed by atoms with Crippen LogP contribution in [-0.2, 0) is 14.3 Å². The average Bonchev–Trinajstić information content (AvgIpc) is 3.24. The fraction of sp³-hybridized carbons (Fsp3) is 0.632. The second-order valence-corrected chi connectivity index (χ2v) is 6.49. The maximum absolute atomic E-state index is 13.0. The van der Waals surface area contributed by atoms with Gasteiger partial charge in [-0.1, -0.05) is 63.4 Å². The lowest BCUT2D eigenvalue weighted by Gasteiger charge is -2.28. The summed E-state index contributed by atoms with van der Waals surface area (Å²) in [5.41, 5.74) is 1.14. The van der Waals surface area contributed by atoms with Crippen molar-refractivity contribution < 1.29 is 14.3 Å².